The topological polar surface area (TPSA) is 17.8 Å². The molecule has 0 aliphatic rings. The lowest BCUT2D eigenvalue weighted by atomic mass is 10.2. The predicted molar refractivity (Wildman–Crippen MR) is 85.5 cm³/mol. The molecule has 0 amide bonds. The average Bonchev–Trinajstić information content (AvgIpc) is 2.79. The van der Waals surface area contributed by atoms with Gasteiger partial charge < -0.3 is 0 Å². The number of aryl methyl sites for hydroxylation is 1. The van der Waals surface area contributed by atoms with Crippen LogP contribution in [0.2, 0.25) is 10.0 Å². The van der Waals surface area contributed by atoms with Crippen LogP contribution in [0.15, 0.2) is 42.5 Å². The van der Waals surface area contributed by atoms with Crippen LogP contribution in [0.1, 0.15) is 5.82 Å². The van der Waals surface area contributed by atoms with E-state index in [2.05, 4.69) is 4.98 Å². The Morgan fingerprint density at radius 3 is 2.60 bits per heavy atom. The molecule has 3 rings (SSSR count). The highest BCUT2D eigenvalue weighted by atomic mass is 35.5. The van der Waals surface area contributed by atoms with Gasteiger partial charge in [-0.05, 0) is 30.3 Å². The van der Waals surface area contributed by atoms with Crippen molar-refractivity contribution in [2.45, 2.75) is 6.42 Å². The number of para-hydroxylation sites is 1. The van der Waals surface area contributed by atoms with E-state index in [0.717, 1.165) is 22.5 Å². The van der Waals surface area contributed by atoms with Crippen LogP contribution in [0.25, 0.3) is 16.7 Å². The highest BCUT2D eigenvalue weighted by molar-refractivity contribution is 6.35. The lowest BCUT2D eigenvalue weighted by molar-refractivity contribution is 0.912. The monoisotopic (exact) mass is 324 g/mol. The highest BCUT2D eigenvalue weighted by Gasteiger charge is 2.14. The van der Waals surface area contributed by atoms with Crippen molar-refractivity contribution >= 4 is 45.8 Å². The number of halogens is 3. The number of rotatable bonds is 3. The van der Waals surface area contributed by atoms with Crippen LogP contribution in [0, 0.1) is 0 Å². The van der Waals surface area contributed by atoms with E-state index in [4.69, 9.17) is 34.8 Å². The zero-order chi connectivity index (χ0) is 14.1. The molecule has 0 spiro atoms. The molecule has 1 heterocycles. The van der Waals surface area contributed by atoms with E-state index < -0.39 is 0 Å². The zero-order valence-corrected chi connectivity index (χ0v) is 12.8. The fourth-order valence-corrected chi connectivity index (χ4v) is 2.89. The molecular weight excluding hydrogens is 315 g/mol. The maximum atomic E-state index is 6.34. The van der Waals surface area contributed by atoms with Gasteiger partial charge >= 0.3 is 0 Å². The number of nitrogens with zero attached hydrogens (tertiary/aromatic N) is 2. The van der Waals surface area contributed by atoms with Crippen molar-refractivity contribution < 1.29 is 0 Å². The Labute approximate surface area is 131 Å². The van der Waals surface area contributed by atoms with Gasteiger partial charge in [0, 0.05) is 23.0 Å². The summed E-state index contributed by atoms with van der Waals surface area (Å²) >= 11 is 18.3. The summed E-state index contributed by atoms with van der Waals surface area (Å²) in [5, 5.41) is 1.34. The molecule has 2 nitrogen and oxygen atoms in total. The molecule has 102 valence electrons. The van der Waals surface area contributed by atoms with E-state index in [1.54, 1.807) is 0 Å². The molecule has 0 aliphatic heterocycles. The Kier molecular flexibility index (Phi) is 3.88. The SMILES string of the molecule is ClCCc1nc2cccc(Cl)c2n1-c1cccc(Cl)c1. The van der Waals surface area contributed by atoms with Crippen LogP contribution in [0.5, 0.6) is 0 Å². The molecule has 5 heteroatoms. The first-order valence-electron chi connectivity index (χ1n) is 6.18. The second kappa shape index (κ2) is 5.65. The molecule has 0 bridgehead atoms. The van der Waals surface area contributed by atoms with E-state index in [-0.39, 0.29) is 0 Å². The van der Waals surface area contributed by atoms with E-state index in [1.807, 2.05) is 47.0 Å². The number of fused-ring (bicyclic) bond motifs is 1. The molecule has 0 fully saturated rings. The smallest absolute Gasteiger partial charge is 0.115 e. The van der Waals surface area contributed by atoms with Crippen LogP contribution in [-0.2, 0) is 6.42 Å². The molecule has 0 aliphatic carbocycles. The van der Waals surface area contributed by atoms with Gasteiger partial charge in [-0.2, -0.15) is 0 Å². The minimum absolute atomic E-state index is 0.501. The first-order chi connectivity index (χ1) is 9.70. The van der Waals surface area contributed by atoms with Gasteiger partial charge in [0.1, 0.15) is 5.82 Å². The summed E-state index contributed by atoms with van der Waals surface area (Å²) < 4.78 is 2.02. The molecule has 20 heavy (non-hydrogen) atoms. The van der Waals surface area contributed by atoms with Crippen LogP contribution < -0.4 is 0 Å². The maximum absolute atomic E-state index is 6.34. The Hall–Kier alpha value is -1.22. The van der Waals surface area contributed by atoms with Crippen molar-refractivity contribution in [2.24, 2.45) is 0 Å². The Bertz CT molecular complexity index is 765. The molecule has 0 saturated heterocycles. The van der Waals surface area contributed by atoms with Gasteiger partial charge in [-0.1, -0.05) is 35.3 Å². The zero-order valence-electron chi connectivity index (χ0n) is 10.5. The quantitative estimate of drug-likeness (QED) is 0.612. The largest absolute Gasteiger partial charge is 0.295 e. The Morgan fingerprint density at radius 2 is 1.85 bits per heavy atom. The van der Waals surface area contributed by atoms with Crippen molar-refractivity contribution in [3.8, 4) is 5.69 Å². The van der Waals surface area contributed by atoms with Gasteiger partial charge in [-0.15, -0.1) is 11.6 Å². The van der Waals surface area contributed by atoms with E-state index in [9.17, 15) is 0 Å². The molecular formula is C15H11Cl3N2. The molecule has 2 aromatic carbocycles. The van der Waals surface area contributed by atoms with Crippen LogP contribution in [-0.4, -0.2) is 15.4 Å². The van der Waals surface area contributed by atoms with Gasteiger partial charge in [0.25, 0.3) is 0 Å². The van der Waals surface area contributed by atoms with Crippen LogP contribution >= 0.6 is 34.8 Å². The summed E-state index contributed by atoms with van der Waals surface area (Å²) in [5.41, 5.74) is 2.68. The summed E-state index contributed by atoms with van der Waals surface area (Å²) in [6.07, 6.45) is 0.666. The second-order valence-corrected chi connectivity index (χ2v) is 5.61. The molecule has 3 aromatic rings. The third kappa shape index (κ3) is 2.39. The summed E-state index contributed by atoms with van der Waals surface area (Å²) in [6.45, 7) is 0. The fraction of sp³-hybridized carbons (Fsp3) is 0.133. The first-order valence-corrected chi connectivity index (χ1v) is 7.47. The van der Waals surface area contributed by atoms with Crippen LogP contribution in [0.4, 0.5) is 0 Å². The maximum Gasteiger partial charge on any atom is 0.115 e. The number of hydrogen-bond donors (Lipinski definition) is 0. The standard InChI is InChI=1S/C15H11Cl3N2/c16-8-7-14-19-13-6-2-5-12(18)15(13)20(14)11-4-1-3-10(17)9-11/h1-6,9H,7-8H2. The first kappa shape index (κ1) is 13.7. The van der Waals surface area contributed by atoms with Crippen molar-refractivity contribution in [2.75, 3.05) is 5.88 Å². The third-order valence-electron chi connectivity index (χ3n) is 3.08. The number of benzene rings is 2. The molecule has 0 radical (unpaired) electrons. The molecule has 0 N–H and O–H groups in total. The van der Waals surface area contributed by atoms with E-state index in [0.29, 0.717) is 22.3 Å². The van der Waals surface area contributed by atoms with Gasteiger partial charge in [0.05, 0.1) is 16.1 Å². The van der Waals surface area contributed by atoms with Gasteiger partial charge in [-0.3, -0.25) is 4.57 Å². The number of alkyl halides is 1. The summed E-state index contributed by atoms with van der Waals surface area (Å²) in [4.78, 5) is 4.62. The number of aromatic nitrogens is 2. The minimum Gasteiger partial charge on any atom is -0.295 e. The number of hydrogen-bond acceptors (Lipinski definition) is 1. The van der Waals surface area contributed by atoms with Gasteiger partial charge in [-0.25, -0.2) is 4.98 Å². The molecule has 1 aromatic heterocycles. The number of imidazole rings is 1. The molecule has 0 atom stereocenters. The van der Waals surface area contributed by atoms with Crippen molar-refractivity contribution in [1.29, 1.82) is 0 Å². The average molecular weight is 326 g/mol. The Balaban J connectivity index is 2.34. The predicted octanol–water partition coefficient (Wildman–Crippen LogP) is 5.11. The normalized spacial score (nSPS) is 11.2. The third-order valence-corrected chi connectivity index (χ3v) is 3.81. The summed E-state index contributed by atoms with van der Waals surface area (Å²) in [7, 11) is 0. The fourth-order valence-electron chi connectivity index (χ4n) is 2.28. The summed E-state index contributed by atoms with van der Waals surface area (Å²) in [6, 6.07) is 13.3. The van der Waals surface area contributed by atoms with Crippen molar-refractivity contribution in [3.05, 3.63) is 58.3 Å². The Morgan fingerprint density at radius 1 is 1.05 bits per heavy atom. The lowest BCUT2D eigenvalue weighted by Crippen LogP contribution is -2.02. The second-order valence-electron chi connectivity index (χ2n) is 4.39. The van der Waals surface area contributed by atoms with Gasteiger partial charge in [0.2, 0.25) is 0 Å². The minimum atomic E-state index is 0.501. The van der Waals surface area contributed by atoms with Gasteiger partial charge in [0.15, 0.2) is 0 Å². The van der Waals surface area contributed by atoms with E-state index >= 15 is 0 Å². The summed E-state index contributed by atoms with van der Waals surface area (Å²) in [5.74, 6) is 1.38. The molecule has 0 saturated carbocycles. The highest BCUT2D eigenvalue weighted by Crippen LogP contribution is 2.29. The van der Waals surface area contributed by atoms with Crippen molar-refractivity contribution in [1.82, 2.24) is 9.55 Å². The van der Waals surface area contributed by atoms with Crippen LogP contribution in [0.3, 0.4) is 0 Å². The van der Waals surface area contributed by atoms with E-state index in [1.165, 1.54) is 0 Å². The van der Waals surface area contributed by atoms with Crippen molar-refractivity contribution in [3.63, 3.8) is 0 Å². The lowest BCUT2D eigenvalue weighted by Gasteiger charge is -2.09. The molecule has 0 unspecified atom stereocenters.